The molecule has 2 rings (SSSR count). The lowest BCUT2D eigenvalue weighted by atomic mass is 10.1. The Balaban J connectivity index is 1.81. The Hall–Kier alpha value is -2.15. The third kappa shape index (κ3) is 4.42. The van der Waals surface area contributed by atoms with E-state index in [0.717, 1.165) is 25.0 Å². The van der Waals surface area contributed by atoms with Crippen molar-refractivity contribution in [2.45, 2.75) is 38.6 Å². The highest BCUT2D eigenvalue weighted by molar-refractivity contribution is 5.91. The van der Waals surface area contributed by atoms with Crippen molar-refractivity contribution in [3.8, 4) is 0 Å². The standard InChI is InChI=1S/C14H21N5O2/c1-2-3-4-11(15)14-19-12(8-21-14)13(20)17-6-5-10-7-16-9-18-10/h7-9,11H,2-6,15H2,1H3,(H,16,18)(H,17,20). The first-order valence-electron chi connectivity index (χ1n) is 7.17. The van der Waals surface area contributed by atoms with E-state index in [2.05, 4.69) is 27.2 Å². The van der Waals surface area contributed by atoms with Gasteiger partial charge in [0.1, 0.15) is 6.26 Å². The van der Waals surface area contributed by atoms with E-state index in [9.17, 15) is 4.79 Å². The van der Waals surface area contributed by atoms with Crippen molar-refractivity contribution in [1.82, 2.24) is 20.3 Å². The summed E-state index contributed by atoms with van der Waals surface area (Å²) in [6.07, 6.45) is 8.26. The van der Waals surface area contributed by atoms with Gasteiger partial charge in [0.25, 0.3) is 5.91 Å². The first-order valence-corrected chi connectivity index (χ1v) is 7.17. The molecule has 7 nitrogen and oxygen atoms in total. The molecule has 0 saturated carbocycles. The van der Waals surface area contributed by atoms with E-state index in [1.54, 1.807) is 12.5 Å². The van der Waals surface area contributed by atoms with Gasteiger partial charge in [0.15, 0.2) is 5.69 Å². The molecule has 1 amide bonds. The van der Waals surface area contributed by atoms with Crippen LogP contribution in [-0.4, -0.2) is 27.4 Å². The highest BCUT2D eigenvalue weighted by Gasteiger charge is 2.16. The van der Waals surface area contributed by atoms with Gasteiger partial charge < -0.3 is 20.5 Å². The molecule has 0 fully saturated rings. The number of hydrogen-bond donors (Lipinski definition) is 3. The zero-order valence-corrected chi connectivity index (χ0v) is 12.1. The number of imidazole rings is 1. The average Bonchev–Trinajstić information content (AvgIpc) is 3.15. The van der Waals surface area contributed by atoms with Crippen molar-refractivity contribution in [3.05, 3.63) is 36.1 Å². The molecule has 0 aromatic carbocycles. The minimum Gasteiger partial charge on any atom is -0.446 e. The Morgan fingerprint density at radius 2 is 2.43 bits per heavy atom. The molecule has 0 aliphatic rings. The van der Waals surface area contributed by atoms with Gasteiger partial charge in [-0.2, -0.15) is 0 Å². The van der Waals surface area contributed by atoms with Crippen LogP contribution in [0.15, 0.2) is 23.2 Å². The Labute approximate surface area is 123 Å². The zero-order chi connectivity index (χ0) is 15.1. The Bertz CT molecular complexity index is 549. The molecule has 0 bridgehead atoms. The quantitative estimate of drug-likeness (QED) is 0.683. The van der Waals surface area contributed by atoms with Crippen LogP contribution in [0.3, 0.4) is 0 Å². The average molecular weight is 291 g/mol. The number of carbonyl (C=O) groups is 1. The fourth-order valence-electron chi connectivity index (χ4n) is 1.93. The summed E-state index contributed by atoms with van der Waals surface area (Å²) in [4.78, 5) is 23.0. The minimum absolute atomic E-state index is 0.253. The molecule has 0 radical (unpaired) electrons. The molecular weight excluding hydrogens is 270 g/mol. The fourth-order valence-corrected chi connectivity index (χ4v) is 1.93. The number of oxazole rings is 1. The lowest BCUT2D eigenvalue weighted by Gasteiger charge is -2.05. The summed E-state index contributed by atoms with van der Waals surface area (Å²) in [5.41, 5.74) is 7.20. The third-order valence-electron chi connectivity index (χ3n) is 3.18. The van der Waals surface area contributed by atoms with Gasteiger partial charge in [-0.15, -0.1) is 0 Å². The second-order valence-electron chi connectivity index (χ2n) is 4.90. The van der Waals surface area contributed by atoms with E-state index >= 15 is 0 Å². The van der Waals surface area contributed by atoms with Crippen molar-refractivity contribution in [2.75, 3.05) is 6.54 Å². The van der Waals surface area contributed by atoms with Crippen LogP contribution in [-0.2, 0) is 6.42 Å². The van der Waals surface area contributed by atoms with Crippen LogP contribution in [0.25, 0.3) is 0 Å². The number of rotatable bonds is 8. The van der Waals surface area contributed by atoms with Crippen molar-refractivity contribution >= 4 is 5.91 Å². The van der Waals surface area contributed by atoms with Crippen molar-refractivity contribution in [3.63, 3.8) is 0 Å². The number of amides is 1. The van der Waals surface area contributed by atoms with Gasteiger partial charge in [-0.05, 0) is 6.42 Å². The maximum absolute atomic E-state index is 11.9. The van der Waals surface area contributed by atoms with Crippen LogP contribution in [0.4, 0.5) is 0 Å². The van der Waals surface area contributed by atoms with Crippen LogP contribution < -0.4 is 11.1 Å². The van der Waals surface area contributed by atoms with Gasteiger partial charge in [0.2, 0.25) is 5.89 Å². The molecule has 0 aliphatic carbocycles. The molecule has 114 valence electrons. The summed E-state index contributed by atoms with van der Waals surface area (Å²) >= 11 is 0. The lowest BCUT2D eigenvalue weighted by Crippen LogP contribution is -2.26. The maximum Gasteiger partial charge on any atom is 0.273 e. The number of nitrogens with one attached hydrogen (secondary N) is 2. The smallest absolute Gasteiger partial charge is 0.273 e. The molecule has 2 aromatic heterocycles. The second-order valence-corrected chi connectivity index (χ2v) is 4.90. The van der Waals surface area contributed by atoms with Gasteiger partial charge >= 0.3 is 0 Å². The first kappa shape index (κ1) is 15.2. The zero-order valence-electron chi connectivity index (χ0n) is 12.1. The maximum atomic E-state index is 11.9. The predicted molar refractivity (Wildman–Crippen MR) is 77.6 cm³/mol. The molecule has 2 aromatic rings. The summed E-state index contributed by atoms with van der Waals surface area (Å²) in [6.45, 7) is 2.60. The van der Waals surface area contributed by atoms with Crippen molar-refractivity contribution in [1.29, 1.82) is 0 Å². The van der Waals surface area contributed by atoms with E-state index in [-0.39, 0.29) is 17.6 Å². The number of nitrogens with zero attached hydrogens (tertiary/aromatic N) is 2. The Kier molecular flexibility index (Phi) is 5.51. The predicted octanol–water partition coefficient (Wildman–Crippen LogP) is 1.56. The lowest BCUT2D eigenvalue weighted by molar-refractivity contribution is 0.0949. The third-order valence-corrected chi connectivity index (χ3v) is 3.18. The molecule has 1 unspecified atom stereocenters. The molecule has 0 saturated heterocycles. The van der Waals surface area contributed by atoms with E-state index in [1.165, 1.54) is 6.26 Å². The molecule has 0 aliphatic heterocycles. The fraction of sp³-hybridized carbons (Fsp3) is 0.500. The van der Waals surface area contributed by atoms with Gasteiger partial charge in [-0.3, -0.25) is 4.79 Å². The molecule has 2 heterocycles. The highest BCUT2D eigenvalue weighted by atomic mass is 16.3. The van der Waals surface area contributed by atoms with Gasteiger partial charge in [-0.25, -0.2) is 9.97 Å². The van der Waals surface area contributed by atoms with Crippen LogP contribution >= 0.6 is 0 Å². The minimum atomic E-state index is -0.257. The summed E-state index contributed by atoms with van der Waals surface area (Å²) in [5.74, 6) is 0.161. The molecule has 1 atom stereocenters. The SMILES string of the molecule is CCCCC(N)c1nc(C(=O)NCCc2cnc[nH]2)co1. The molecule has 7 heteroatoms. The van der Waals surface area contributed by atoms with E-state index in [1.807, 2.05) is 0 Å². The van der Waals surface area contributed by atoms with Crippen molar-refractivity contribution < 1.29 is 9.21 Å². The van der Waals surface area contributed by atoms with Crippen LogP contribution in [0.1, 0.15) is 54.3 Å². The Morgan fingerprint density at radius 1 is 1.57 bits per heavy atom. The molecule has 4 N–H and O–H groups in total. The largest absolute Gasteiger partial charge is 0.446 e. The number of unbranched alkanes of at least 4 members (excludes halogenated alkanes) is 1. The first-order chi connectivity index (χ1) is 10.2. The number of aromatic nitrogens is 3. The summed E-state index contributed by atoms with van der Waals surface area (Å²) in [5, 5.41) is 2.78. The Morgan fingerprint density at radius 3 is 3.14 bits per heavy atom. The van der Waals surface area contributed by atoms with Crippen LogP contribution in [0, 0.1) is 0 Å². The normalized spacial score (nSPS) is 12.3. The van der Waals surface area contributed by atoms with Crippen LogP contribution in [0.2, 0.25) is 0 Å². The molecular formula is C14H21N5O2. The van der Waals surface area contributed by atoms with Gasteiger partial charge in [0, 0.05) is 24.9 Å². The van der Waals surface area contributed by atoms with E-state index < -0.39 is 0 Å². The summed E-state index contributed by atoms with van der Waals surface area (Å²) in [7, 11) is 0. The van der Waals surface area contributed by atoms with Gasteiger partial charge in [-0.1, -0.05) is 19.8 Å². The summed E-state index contributed by atoms with van der Waals surface area (Å²) in [6, 6.07) is -0.253. The molecule has 21 heavy (non-hydrogen) atoms. The number of aromatic amines is 1. The second kappa shape index (κ2) is 7.58. The number of H-pyrrole nitrogens is 1. The topological polar surface area (TPSA) is 110 Å². The number of nitrogens with two attached hydrogens (primary N) is 1. The van der Waals surface area contributed by atoms with Gasteiger partial charge in [0.05, 0.1) is 12.4 Å². The van der Waals surface area contributed by atoms with E-state index in [4.69, 9.17) is 10.2 Å². The highest BCUT2D eigenvalue weighted by Crippen LogP contribution is 2.16. The summed E-state index contributed by atoms with van der Waals surface area (Å²) < 4.78 is 5.28. The van der Waals surface area contributed by atoms with Crippen molar-refractivity contribution in [2.24, 2.45) is 5.73 Å². The van der Waals surface area contributed by atoms with Crippen LogP contribution in [0.5, 0.6) is 0 Å². The monoisotopic (exact) mass is 291 g/mol. The number of hydrogen-bond acceptors (Lipinski definition) is 5. The number of carbonyl (C=O) groups excluding carboxylic acids is 1. The molecule has 0 spiro atoms. The van der Waals surface area contributed by atoms with E-state index in [0.29, 0.717) is 18.9 Å².